The Morgan fingerprint density at radius 2 is 1.66 bits per heavy atom. The number of ether oxygens (including phenoxy) is 1. The van der Waals surface area contributed by atoms with Crippen LogP contribution in [0.4, 0.5) is 0 Å². The van der Waals surface area contributed by atoms with E-state index in [0.29, 0.717) is 11.1 Å². The predicted octanol–water partition coefficient (Wildman–Crippen LogP) is 3.52. The van der Waals surface area contributed by atoms with Crippen LogP contribution in [0.25, 0.3) is 0 Å². The highest BCUT2D eigenvalue weighted by molar-refractivity contribution is 7.91. The Hall–Kier alpha value is -2.52. The normalized spacial score (nSPS) is 12.4. The van der Waals surface area contributed by atoms with E-state index in [-0.39, 0.29) is 24.0 Å². The molecule has 0 atom stereocenters. The number of carbonyl (C=O) groups excluding carboxylic acids is 2. The van der Waals surface area contributed by atoms with Gasteiger partial charge in [-0.2, -0.15) is 0 Å². The highest BCUT2D eigenvalue weighted by Gasteiger charge is 2.30. The first-order valence-corrected chi connectivity index (χ1v) is 12.0. The number of sulfone groups is 1. The van der Waals surface area contributed by atoms with E-state index in [1.54, 1.807) is 12.1 Å². The molecule has 1 N–H and O–H groups in total. The van der Waals surface area contributed by atoms with Crippen molar-refractivity contribution in [3.63, 3.8) is 0 Å². The molecule has 2 rings (SSSR count). The van der Waals surface area contributed by atoms with E-state index in [0.717, 1.165) is 17.3 Å². The van der Waals surface area contributed by atoms with Crippen molar-refractivity contribution in [2.45, 2.75) is 70.6 Å². The summed E-state index contributed by atoms with van der Waals surface area (Å²) in [7, 11) is -2.82. The van der Waals surface area contributed by atoms with Gasteiger partial charge in [-0.3, -0.25) is 4.79 Å². The average molecular weight is 466 g/mol. The summed E-state index contributed by atoms with van der Waals surface area (Å²) in [5.41, 5.74) is 1.30. The number of methoxy groups -OCH3 is 1. The molecule has 0 aliphatic heterocycles. The molecule has 0 radical (unpaired) electrons. The van der Waals surface area contributed by atoms with Gasteiger partial charge in [-0.25, -0.2) is 18.2 Å². The van der Waals surface area contributed by atoms with E-state index in [9.17, 15) is 23.1 Å². The molecule has 8 nitrogen and oxygen atoms in total. The van der Waals surface area contributed by atoms with Crippen molar-refractivity contribution in [2.24, 2.45) is 0 Å². The van der Waals surface area contributed by atoms with E-state index in [1.807, 2.05) is 27.7 Å². The van der Waals surface area contributed by atoms with Crippen LogP contribution in [0.15, 0.2) is 28.0 Å². The van der Waals surface area contributed by atoms with Crippen LogP contribution in [0.3, 0.4) is 0 Å². The van der Waals surface area contributed by atoms with E-state index < -0.39 is 38.2 Å². The lowest BCUT2D eigenvalue weighted by molar-refractivity contribution is -0.116. The fourth-order valence-corrected chi connectivity index (χ4v) is 4.47. The zero-order valence-corrected chi connectivity index (χ0v) is 20.4. The minimum Gasteiger partial charge on any atom is -0.465 e. The van der Waals surface area contributed by atoms with E-state index in [4.69, 9.17) is 9.15 Å². The molecule has 1 heterocycles. The van der Waals surface area contributed by atoms with Gasteiger partial charge in [0.1, 0.15) is 11.4 Å². The number of carbonyl (C=O) groups is 2. The van der Waals surface area contributed by atoms with Gasteiger partial charge in [0.25, 0.3) is 0 Å². The quantitative estimate of drug-likeness (QED) is 0.558. The molecule has 0 aliphatic rings. The van der Waals surface area contributed by atoms with Crippen molar-refractivity contribution >= 4 is 21.6 Å². The molecule has 0 unspecified atom stereocenters. The third kappa shape index (κ3) is 5.83. The smallest absolute Gasteiger partial charge is 0.337 e. The zero-order valence-electron chi connectivity index (χ0n) is 19.6. The second-order valence-corrected chi connectivity index (χ2v) is 10.8. The Labute approximate surface area is 188 Å². The molecular weight excluding hydrogens is 434 g/mol. The summed E-state index contributed by atoms with van der Waals surface area (Å²) >= 11 is 0. The number of hydrogen-bond donors (Lipinski definition) is 1. The molecule has 1 aromatic heterocycles. The van der Waals surface area contributed by atoms with Crippen LogP contribution in [-0.4, -0.2) is 43.1 Å². The molecule has 0 saturated carbocycles. The van der Waals surface area contributed by atoms with E-state index >= 15 is 0 Å². The van der Waals surface area contributed by atoms with Crippen LogP contribution < -0.4 is 0 Å². The number of nitrogens with zero attached hydrogens (tertiary/aromatic N) is 1. The van der Waals surface area contributed by atoms with Crippen LogP contribution >= 0.6 is 0 Å². The first kappa shape index (κ1) is 25.7. The zero-order chi connectivity index (χ0) is 24.4. The van der Waals surface area contributed by atoms with Crippen LogP contribution in [-0.2, 0) is 31.4 Å². The maximum Gasteiger partial charge on any atom is 0.337 e. The molecule has 0 aliphatic carbocycles. The maximum absolute atomic E-state index is 12.8. The Kier molecular flexibility index (Phi) is 7.67. The maximum atomic E-state index is 12.8. The van der Waals surface area contributed by atoms with Gasteiger partial charge in [0.2, 0.25) is 9.84 Å². The lowest BCUT2D eigenvalue weighted by atomic mass is 9.84. The van der Waals surface area contributed by atoms with Crippen molar-refractivity contribution in [3.8, 4) is 0 Å². The summed E-state index contributed by atoms with van der Waals surface area (Å²) in [6.45, 7) is 10.6. The molecule has 2 aromatic rings. The van der Waals surface area contributed by atoms with Gasteiger partial charge in [0, 0.05) is 6.42 Å². The van der Waals surface area contributed by atoms with Crippen molar-refractivity contribution in [3.05, 3.63) is 46.3 Å². The Balaban J connectivity index is 2.40. The molecule has 0 saturated heterocycles. The second-order valence-electron chi connectivity index (χ2n) is 8.96. The number of rotatable bonds is 9. The van der Waals surface area contributed by atoms with E-state index in [2.05, 4.69) is 4.98 Å². The number of Topliss-reactive ketones (excluding diaryl/α,β-unsaturated/α-hetero) is 1. The largest absolute Gasteiger partial charge is 0.465 e. The number of aliphatic hydroxyl groups is 1. The molecule has 1 aromatic carbocycles. The summed E-state index contributed by atoms with van der Waals surface area (Å²) in [5.74, 6) is -1.79. The third-order valence-electron chi connectivity index (χ3n) is 5.06. The summed E-state index contributed by atoms with van der Waals surface area (Å²) in [6, 6.07) is 3.40. The highest BCUT2D eigenvalue weighted by atomic mass is 32.2. The van der Waals surface area contributed by atoms with Crippen LogP contribution in [0.1, 0.15) is 86.2 Å². The first-order chi connectivity index (χ1) is 14.7. The SMILES string of the molecule is COC(=O)c1cc(C(C)C)c(CC(=O)CS(=O)(=O)c2ncc(C(C)(C)O)o2)c(C(C)C)c1. The van der Waals surface area contributed by atoms with Crippen molar-refractivity contribution in [2.75, 3.05) is 12.9 Å². The van der Waals surface area contributed by atoms with Gasteiger partial charge in [0.15, 0.2) is 11.5 Å². The van der Waals surface area contributed by atoms with Crippen molar-refractivity contribution in [1.82, 2.24) is 4.98 Å². The Morgan fingerprint density at radius 1 is 1.12 bits per heavy atom. The molecule has 0 amide bonds. The number of aromatic nitrogens is 1. The molecular formula is C23H31NO7S. The number of oxazole rings is 1. The van der Waals surface area contributed by atoms with Crippen LogP contribution in [0, 0.1) is 0 Å². The average Bonchev–Trinajstić information content (AvgIpc) is 3.18. The number of esters is 1. The summed E-state index contributed by atoms with van der Waals surface area (Å²) in [5, 5.41) is 9.36. The Morgan fingerprint density at radius 3 is 2.06 bits per heavy atom. The lowest BCUT2D eigenvalue weighted by Crippen LogP contribution is -2.21. The highest BCUT2D eigenvalue weighted by Crippen LogP contribution is 2.31. The molecule has 0 spiro atoms. The molecule has 9 heteroatoms. The molecule has 0 fully saturated rings. The lowest BCUT2D eigenvalue weighted by Gasteiger charge is -2.21. The number of ketones is 1. The van der Waals surface area contributed by atoms with Crippen molar-refractivity contribution < 1.29 is 32.3 Å². The third-order valence-corrected chi connectivity index (χ3v) is 6.49. The predicted molar refractivity (Wildman–Crippen MR) is 118 cm³/mol. The molecule has 176 valence electrons. The Bertz CT molecular complexity index is 1080. The minimum absolute atomic E-state index is 0.00222. The van der Waals surface area contributed by atoms with Gasteiger partial charge in [-0.1, -0.05) is 27.7 Å². The van der Waals surface area contributed by atoms with Gasteiger partial charge < -0.3 is 14.3 Å². The standard InChI is InChI=1S/C23H31NO7S/c1-13(2)17-8-15(21(26)30-7)9-18(14(3)4)19(17)10-16(25)12-32(28,29)22-24-11-20(31-22)23(5,6)27/h8-9,11,13-14,27H,10,12H2,1-7H3. The molecule has 32 heavy (non-hydrogen) atoms. The van der Waals surface area contributed by atoms with Crippen molar-refractivity contribution in [1.29, 1.82) is 0 Å². The minimum atomic E-state index is -4.12. The summed E-state index contributed by atoms with van der Waals surface area (Å²) < 4.78 is 35.4. The first-order valence-electron chi connectivity index (χ1n) is 10.4. The second kappa shape index (κ2) is 9.54. The van der Waals surface area contributed by atoms with Gasteiger partial charge in [0.05, 0.1) is 18.9 Å². The van der Waals surface area contributed by atoms with Crippen LogP contribution in [0.5, 0.6) is 0 Å². The topological polar surface area (TPSA) is 124 Å². The van der Waals surface area contributed by atoms with Crippen LogP contribution in [0.2, 0.25) is 0 Å². The fourth-order valence-electron chi connectivity index (χ4n) is 3.39. The number of benzene rings is 1. The number of hydrogen-bond acceptors (Lipinski definition) is 8. The fraction of sp³-hybridized carbons (Fsp3) is 0.522. The van der Waals surface area contributed by atoms with Gasteiger partial charge in [-0.05, 0) is 54.5 Å². The van der Waals surface area contributed by atoms with Gasteiger partial charge >= 0.3 is 11.2 Å². The monoisotopic (exact) mass is 465 g/mol. The summed E-state index contributed by atoms with van der Waals surface area (Å²) in [4.78, 5) is 28.7. The molecule has 0 bridgehead atoms. The summed E-state index contributed by atoms with van der Waals surface area (Å²) in [6.07, 6.45) is 1.03. The van der Waals surface area contributed by atoms with Gasteiger partial charge in [-0.15, -0.1) is 0 Å². The van der Waals surface area contributed by atoms with E-state index in [1.165, 1.54) is 21.0 Å².